The van der Waals surface area contributed by atoms with Crippen molar-refractivity contribution in [3.05, 3.63) is 54.1 Å². The third kappa shape index (κ3) is 6.20. The molecule has 0 atom stereocenters. The summed E-state index contributed by atoms with van der Waals surface area (Å²) in [6.07, 6.45) is 0. The van der Waals surface area contributed by atoms with E-state index in [1.807, 2.05) is 36.4 Å². The van der Waals surface area contributed by atoms with Gasteiger partial charge in [0.25, 0.3) is 0 Å². The number of ether oxygens (including phenoxy) is 2. The number of piperazine rings is 1. The fourth-order valence-corrected chi connectivity index (χ4v) is 3.40. The van der Waals surface area contributed by atoms with Gasteiger partial charge in [0.1, 0.15) is 0 Å². The van der Waals surface area contributed by atoms with Crippen LogP contribution in [0.3, 0.4) is 0 Å². The van der Waals surface area contributed by atoms with Crippen molar-refractivity contribution >= 4 is 17.6 Å². The number of methoxy groups -OCH3 is 2. The van der Waals surface area contributed by atoms with Crippen LogP contribution in [0.5, 0.6) is 11.5 Å². The molecule has 3 rings (SSSR count). The number of para-hydroxylation sites is 1. The van der Waals surface area contributed by atoms with E-state index in [4.69, 9.17) is 9.47 Å². The van der Waals surface area contributed by atoms with E-state index in [1.54, 1.807) is 26.4 Å². The van der Waals surface area contributed by atoms with E-state index < -0.39 is 6.03 Å². The number of hydrogen-bond acceptors (Lipinski definition) is 6. The van der Waals surface area contributed by atoms with E-state index in [2.05, 4.69) is 20.4 Å². The molecule has 1 fully saturated rings. The van der Waals surface area contributed by atoms with Crippen molar-refractivity contribution in [3.8, 4) is 11.5 Å². The minimum Gasteiger partial charge on any atom is -0.493 e. The van der Waals surface area contributed by atoms with Crippen LogP contribution in [0.4, 0.5) is 10.5 Å². The second-order valence-corrected chi connectivity index (χ2v) is 7.11. The van der Waals surface area contributed by atoms with E-state index in [1.165, 1.54) is 0 Å². The molecule has 0 saturated carbocycles. The first-order chi connectivity index (χ1) is 14.6. The predicted molar refractivity (Wildman–Crippen MR) is 115 cm³/mol. The molecule has 30 heavy (non-hydrogen) atoms. The summed E-state index contributed by atoms with van der Waals surface area (Å²) in [5, 5.41) is 5.03. The highest BCUT2D eigenvalue weighted by molar-refractivity contribution is 6.01. The molecule has 1 aliphatic rings. The summed E-state index contributed by atoms with van der Waals surface area (Å²) in [6, 6.07) is 14.4. The molecule has 0 radical (unpaired) electrons. The van der Waals surface area contributed by atoms with Crippen molar-refractivity contribution in [1.82, 2.24) is 15.1 Å². The summed E-state index contributed by atoms with van der Waals surface area (Å²) in [5.74, 6) is 1.13. The number of imide groups is 1. The molecule has 1 heterocycles. The van der Waals surface area contributed by atoms with Gasteiger partial charge < -0.3 is 14.8 Å². The molecule has 3 amide bonds. The number of carbonyl (C=O) groups excluding carboxylic acids is 2. The number of nitrogens with one attached hydrogen (secondary N) is 2. The Labute approximate surface area is 176 Å². The third-order valence-electron chi connectivity index (χ3n) is 4.97. The standard InChI is InChI=1S/C22H28N4O4/c1-29-19-9-8-17(14-20(19)30-2)15-25-10-12-26(13-11-25)16-21(27)24-22(28)23-18-6-4-3-5-7-18/h3-9,14H,10-13,15-16H2,1-2H3,(H2,23,24,27,28). The Morgan fingerprint density at radius 1 is 0.900 bits per heavy atom. The molecule has 2 N–H and O–H groups in total. The Balaban J connectivity index is 1.41. The van der Waals surface area contributed by atoms with Gasteiger partial charge in [0.15, 0.2) is 11.5 Å². The normalized spacial score (nSPS) is 14.7. The van der Waals surface area contributed by atoms with Gasteiger partial charge in [0.05, 0.1) is 20.8 Å². The summed E-state index contributed by atoms with van der Waals surface area (Å²) >= 11 is 0. The Bertz CT molecular complexity index is 851. The van der Waals surface area contributed by atoms with Gasteiger partial charge in [0, 0.05) is 38.4 Å². The van der Waals surface area contributed by atoms with Crippen molar-refractivity contribution < 1.29 is 19.1 Å². The molecule has 2 aromatic carbocycles. The zero-order valence-corrected chi connectivity index (χ0v) is 17.4. The average molecular weight is 412 g/mol. The van der Waals surface area contributed by atoms with Gasteiger partial charge in [-0.05, 0) is 29.8 Å². The van der Waals surface area contributed by atoms with Crippen LogP contribution < -0.4 is 20.1 Å². The van der Waals surface area contributed by atoms with Crippen LogP contribution >= 0.6 is 0 Å². The second-order valence-electron chi connectivity index (χ2n) is 7.11. The van der Waals surface area contributed by atoms with Crippen molar-refractivity contribution in [1.29, 1.82) is 0 Å². The van der Waals surface area contributed by atoms with E-state index in [0.717, 1.165) is 44.0 Å². The second kappa shape index (κ2) is 10.6. The monoisotopic (exact) mass is 412 g/mol. The fraction of sp³-hybridized carbons (Fsp3) is 0.364. The van der Waals surface area contributed by atoms with Crippen LogP contribution in [0, 0.1) is 0 Å². The number of urea groups is 1. The summed E-state index contributed by atoms with van der Waals surface area (Å²) in [4.78, 5) is 28.5. The van der Waals surface area contributed by atoms with E-state index in [9.17, 15) is 9.59 Å². The minimum atomic E-state index is -0.515. The lowest BCUT2D eigenvalue weighted by Crippen LogP contribution is -2.50. The molecule has 0 aromatic heterocycles. The fourth-order valence-electron chi connectivity index (χ4n) is 3.40. The van der Waals surface area contributed by atoms with Crippen molar-refractivity contribution in [2.75, 3.05) is 52.3 Å². The maximum atomic E-state index is 12.2. The lowest BCUT2D eigenvalue weighted by molar-refractivity contribution is -0.121. The molecule has 8 nitrogen and oxygen atoms in total. The Kier molecular flexibility index (Phi) is 7.64. The molecule has 160 valence electrons. The Morgan fingerprint density at radius 3 is 2.23 bits per heavy atom. The Morgan fingerprint density at radius 2 is 1.57 bits per heavy atom. The molecule has 2 aromatic rings. The highest BCUT2D eigenvalue weighted by atomic mass is 16.5. The first kappa shape index (κ1) is 21.6. The number of rotatable bonds is 7. The molecule has 0 aliphatic carbocycles. The molecular formula is C22H28N4O4. The summed E-state index contributed by atoms with van der Waals surface area (Å²) < 4.78 is 10.6. The van der Waals surface area contributed by atoms with Gasteiger partial charge in [-0.1, -0.05) is 24.3 Å². The van der Waals surface area contributed by atoms with Crippen LogP contribution in [0.1, 0.15) is 5.56 Å². The minimum absolute atomic E-state index is 0.201. The number of nitrogens with zero attached hydrogens (tertiary/aromatic N) is 2. The van der Waals surface area contributed by atoms with Gasteiger partial charge in [-0.15, -0.1) is 0 Å². The number of amides is 3. The molecule has 0 bridgehead atoms. The van der Waals surface area contributed by atoms with E-state index in [-0.39, 0.29) is 12.5 Å². The van der Waals surface area contributed by atoms with Gasteiger partial charge in [-0.3, -0.25) is 19.9 Å². The SMILES string of the molecule is COc1ccc(CN2CCN(CC(=O)NC(=O)Nc3ccccc3)CC2)cc1OC. The number of carbonyl (C=O) groups is 2. The molecule has 0 unspecified atom stereocenters. The van der Waals surface area contributed by atoms with E-state index in [0.29, 0.717) is 11.4 Å². The van der Waals surface area contributed by atoms with Gasteiger partial charge >= 0.3 is 6.03 Å². The van der Waals surface area contributed by atoms with Crippen molar-refractivity contribution in [2.24, 2.45) is 0 Å². The zero-order chi connectivity index (χ0) is 21.3. The van der Waals surface area contributed by atoms with Crippen molar-refractivity contribution in [3.63, 3.8) is 0 Å². The summed E-state index contributed by atoms with van der Waals surface area (Å²) in [7, 11) is 3.25. The highest BCUT2D eigenvalue weighted by Crippen LogP contribution is 2.28. The lowest BCUT2D eigenvalue weighted by Gasteiger charge is -2.34. The number of benzene rings is 2. The number of anilines is 1. The quantitative estimate of drug-likeness (QED) is 0.725. The molecular weight excluding hydrogens is 384 g/mol. The van der Waals surface area contributed by atoms with Crippen molar-refractivity contribution in [2.45, 2.75) is 6.54 Å². The average Bonchev–Trinajstić information content (AvgIpc) is 2.75. The topological polar surface area (TPSA) is 83.1 Å². The van der Waals surface area contributed by atoms with E-state index >= 15 is 0 Å². The van der Waals surface area contributed by atoms with Crippen LogP contribution in [0.15, 0.2) is 48.5 Å². The summed E-state index contributed by atoms with van der Waals surface area (Å²) in [5.41, 5.74) is 1.79. The van der Waals surface area contributed by atoms with Crippen LogP contribution in [-0.4, -0.2) is 68.7 Å². The Hall–Kier alpha value is -3.10. The first-order valence-electron chi connectivity index (χ1n) is 9.89. The maximum Gasteiger partial charge on any atom is 0.325 e. The maximum absolute atomic E-state index is 12.2. The van der Waals surface area contributed by atoms with Crippen LogP contribution in [0.2, 0.25) is 0 Å². The molecule has 8 heteroatoms. The molecule has 0 spiro atoms. The molecule has 1 aliphatic heterocycles. The van der Waals surface area contributed by atoms with Gasteiger partial charge in [-0.25, -0.2) is 4.79 Å². The lowest BCUT2D eigenvalue weighted by atomic mass is 10.1. The number of hydrogen-bond donors (Lipinski definition) is 2. The van der Waals surface area contributed by atoms with Crippen LogP contribution in [-0.2, 0) is 11.3 Å². The van der Waals surface area contributed by atoms with Gasteiger partial charge in [0.2, 0.25) is 5.91 Å². The predicted octanol–water partition coefficient (Wildman–Crippen LogP) is 2.17. The van der Waals surface area contributed by atoms with Gasteiger partial charge in [-0.2, -0.15) is 0 Å². The zero-order valence-electron chi connectivity index (χ0n) is 17.4. The summed E-state index contributed by atoms with van der Waals surface area (Å²) in [6.45, 7) is 4.23. The smallest absolute Gasteiger partial charge is 0.325 e. The largest absolute Gasteiger partial charge is 0.493 e. The third-order valence-corrected chi connectivity index (χ3v) is 4.97. The first-order valence-corrected chi connectivity index (χ1v) is 9.89. The van der Waals surface area contributed by atoms with Crippen LogP contribution in [0.25, 0.3) is 0 Å². The molecule has 1 saturated heterocycles. The highest BCUT2D eigenvalue weighted by Gasteiger charge is 2.20.